The van der Waals surface area contributed by atoms with Crippen LogP contribution >= 0.6 is 7.37 Å². The Kier molecular flexibility index (Phi) is 6.41. The van der Waals surface area contributed by atoms with Crippen molar-refractivity contribution < 1.29 is 9.09 Å². The van der Waals surface area contributed by atoms with Gasteiger partial charge in [-0.25, -0.2) is 0 Å². The van der Waals surface area contributed by atoms with E-state index >= 15 is 0 Å². The highest BCUT2D eigenvalue weighted by Crippen LogP contribution is 2.53. The molecule has 0 unspecified atom stereocenters. The summed E-state index contributed by atoms with van der Waals surface area (Å²) in [6.45, 7) is 7.44. The number of terminal acetylenes is 1. The maximum absolute atomic E-state index is 12.4. The average Bonchev–Trinajstić information content (AvgIpc) is 2.23. The van der Waals surface area contributed by atoms with Gasteiger partial charge in [0.2, 0.25) is 7.37 Å². The lowest BCUT2D eigenvalue weighted by Crippen LogP contribution is -2.19. The summed E-state index contributed by atoms with van der Waals surface area (Å²) < 4.78 is 17.9. The summed E-state index contributed by atoms with van der Waals surface area (Å²) in [7, 11) is -2.89. The van der Waals surface area contributed by atoms with Crippen molar-refractivity contribution in [3.05, 3.63) is 23.8 Å². The predicted molar refractivity (Wildman–Crippen MR) is 70.5 cm³/mol. The molecule has 0 aromatic carbocycles. The summed E-state index contributed by atoms with van der Waals surface area (Å²) in [4.78, 5) is 0. The monoisotopic (exact) mass is 240 g/mol. The fourth-order valence-corrected chi connectivity index (χ4v) is 2.99. The molecule has 0 rings (SSSR count). The molecule has 3 heteroatoms. The van der Waals surface area contributed by atoms with E-state index in [0.717, 1.165) is 12.8 Å². The van der Waals surface area contributed by atoms with Gasteiger partial charge in [0.25, 0.3) is 0 Å². The van der Waals surface area contributed by atoms with E-state index in [1.165, 1.54) is 0 Å². The van der Waals surface area contributed by atoms with Crippen molar-refractivity contribution in [2.75, 3.05) is 0 Å². The lowest BCUT2D eigenvalue weighted by Gasteiger charge is -2.22. The first-order valence-electron chi connectivity index (χ1n) is 5.52. The van der Waals surface area contributed by atoms with Gasteiger partial charge in [-0.3, -0.25) is 4.57 Å². The summed E-state index contributed by atoms with van der Waals surface area (Å²) in [5, 5.41) is 0. The summed E-state index contributed by atoms with van der Waals surface area (Å²) in [5.41, 5.74) is -0.814. The highest BCUT2D eigenvalue weighted by molar-refractivity contribution is 7.65. The molecule has 0 radical (unpaired) electrons. The zero-order chi connectivity index (χ0) is 12.7. The van der Waals surface area contributed by atoms with Crippen molar-refractivity contribution in [3.63, 3.8) is 0 Å². The molecule has 0 aliphatic heterocycles. The van der Waals surface area contributed by atoms with Crippen molar-refractivity contribution in [1.29, 1.82) is 0 Å². The largest absolute Gasteiger partial charge is 0.304 e. The van der Waals surface area contributed by atoms with Crippen LogP contribution in [0.1, 0.15) is 40.5 Å². The Morgan fingerprint density at radius 3 is 2.00 bits per heavy atom. The molecule has 0 saturated carbocycles. The van der Waals surface area contributed by atoms with E-state index in [1.54, 1.807) is 25.5 Å². The Morgan fingerprint density at radius 1 is 1.25 bits per heavy atom. The minimum atomic E-state index is -2.89. The van der Waals surface area contributed by atoms with E-state index in [9.17, 15) is 4.57 Å². The van der Waals surface area contributed by atoms with Crippen LogP contribution < -0.4 is 0 Å². The van der Waals surface area contributed by atoms with Gasteiger partial charge in [-0.05, 0) is 26.7 Å². The molecule has 0 amide bonds. The molecule has 0 saturated heterocycles. The molecule has 0 bridgehead atoms. The first kappa shape index (κ1) is 15.2. The van der Waals surface area contributed by atoms with Crippen molar-refractivity contribution in [2.24, 2.45) is 0 Å². The maximum Gasteiger partial charge on any atom is 0.248 e. The van der Waals surface area contributed by atoms with Crippen LogP contribution in [-0.2, 0) is 9.09 Å². The van der Waals surface area contributed by atoms with Gasteiger partial charge in [0, 0.05) is 11.6 Å². The fourth-order valence-electron chi connectivity index (χ4n) is 0.998. The maximum atomic E-state index is 12.4. The normalized spacial score (nSPS) is 16.4. The summed E-state index contributed by atoms with van der Waals surface area (Å²) >= 11 is 0. The highest BCUT2D eigenvalue weighted by atomic mass is 31.2. The van der Waals surface area contributed by atoms with E-state index in [1.807, 2.05) is 26.0 Å². The van der Waals surface area contributed by atoms with Gasteiger partial charge in [0.15, 0.2) is 0 Å². The van der Waals surface area contributed by atoms with Gasteiger partial charge in [-0.1, -0.05) is 31.9 Å². The number of hydrogen-bond acceptors (Lipinski definition) is 2. The Balaban J connectivity index is 4.96. The molecule has 0 fully saturated rings. The van der Waals surface area contributed by atoms with Gasteiger partial charge >= 0.3 is 0 Å². The van der Waals surface area contributed by atoms with Crippen LogP contribution in [0.4, 0.5) is 0 Å². The quantitative estimate of drug-likeness (QED) is 0.503. The van der Waals surface area contributed by atoms with Crippen molar-refractivity contribution in [3.8, 4) is 12.3 Å². The molecule has 0 N–H and O–H groups in total. The summed E-state index contributed by atoms with van der Waals surface area (Å²) in [6.07, 6.45) is 10.7. The minimum absolute atomic E-state index is 0.814. The second-order valence-corrected chi connectivity index (χ2v) is 6.05. The van der Waals surface area contributed by atoms with Gasteiger partial charge in [0.1, 0.15) is 5.60 Å². The molecule has 16 heavy (non-hydrogen) atoms. The third kappa shape index (κ3) is 5.95. The zero-order valence-corrected chi connectivity index (χ0v) is 11.5. The molecule has 0 spiro atoms. The van der Waals surface area contributed by atoms with Crippen LogP contribution in [0, 0.1) is 12.3 Å². The molecule has 0 atom stereocenters. The molecule has 0 heterocycles. The van der Waals surface area contributed by atoms with Gasteiger partial charge in [-0.2, -0.15) is 0 Å². The Bertz CT molecular complexity index is 327. The topological polar surface area (TPSA) is 26.3 Å². The highest BCUT2D eigenvalue weighted by Gasteiger charge is 2.26. The third-order valence-electron chi connectivity index (χ3n) is 1.82. The van der Waals surface area contributed by atoms with Gasteiger partial charge < -0.3 is 4.52 Å². The second kappa shape index (κ2) is 6.74. The lowest BCUT2D eigenvalue weighted by atomic mass is 10.2. The van der Waals surface area contributed by atoms with Crippen LogP contribution in [0.2, 0.25) is 0 Å². The first-order valence-corrected chi connectivity index (χ1v) is 7.28. The molecule has 90 valence electrons. The van der Waals surface area contributed by atoms with Crippen molar-refractivity contribution in [2.45, 2.75) is 46.1 Å². The molecule has 2 nitrogen and oxygen atoms in total. The molecule has 0 aliphatic rings. The average molecular weight is 240 g/mol. The molecular weight excluding hydrogens is 219 g/mol. The van der Waals surface area contributed by atoms with Crippen LogP contribution in [-0.4, -0.2) is 5.60 Å². The number of rotatable bonds is 6. The van der Waals surface area contributed by atoms with E-state index in [4.69, 9.17) is 10.9 Å². The SMILES string of the molecule is C#CC(C)(C)OP(=O)(C=CCC)C=CCC. The minimum Gasteiger partial charge on any atom is -0.304 e. The predicted octanol–water partition coefficient (Wildman–Crippen LogP) is 4.54. The van der Waals surface area contributed by atoms with Crippen LogP contribution in [0.25, 0.3) is 0 Å². The van der Waals surface area contributed by atoms with Crippen molar-refractivity contribution in [1.82, 2.24) is 0 Å². The number of hydrogen-bond donors (Lipinski definition) is 0. The number of allylic oxidation sites excluding steroid dienone is 2. The Morgan fingerprint density at radius 2 is 1.69 bits per heavy atom. The first-order chi connectivity index (χ1) is 7.39. The van der Waals surface area contributed by atoms with Crippen LogP contribution in [0.5, 0.6) is 0 Å². The van der Waals surface area contributed by atoms with Crippen LogP contribution in [0.15, 0.2) is 23.8 Å². The summed E-state index contributed by atoms with van der Waals surface area (Å²) in [6, 6.07) is 0. The molecule has 0 aliphatic carbocycles. The fraction of sp³-hybridized carbons (Fsp3) is 0.538. The Labute approximate surface area is 99.2 Å². The molecule has 0 aromatic rings. The zero-order valence-electron chi connectivity index (χ0n) is 10.6. The van der Waals surface area contributed by atoms with Crippen molar-refractivity contribution >= 4 is 7.37 Å². The second-order valence-electron chi connectivity index (χ2n) is 3.98. The lowest BCUT2D eigenvalue weighted by molar-refractivity contribution is 0.183. The Hall–Kier alpha value is -0.770. The summed E-state index contributed by atoms with van der Waals surface area (Å²) in [5.74, 6) is 5.73. The molecular formula is C13H21O2P. The van der Waals surface area contributed by atoms with E-state index in [2.05, 4.69) is 5.92 Å². The smallest absolute Gasteiger partial charge is 0.248 e. The van der Waals surface area contributed by atoms with Gasteiger partial charge in [-0.15, -0.1) is 6.42 Å². The van der Waals surface area contributed by atoms with E-state index < -0.39 is 13.0 Å². The third-order valence-corrected chi connectivity index (χ3v) is 3.81. The standard InChI is InChI=1S/C13H21O2P/c1-6-9-11-16(14,12-10-7-2)15-13(4,5)8-3/h3,9-12H,6-7H2,1-2,4-5H3. The van der Waals surface area contributed by atoms with E-state index in [0.29, 0.717) is 0 Å². The van der Waals surface area contributed by atoms with E-state index in [-0.39, 0.29) is 0 Å². The molecule has 0 aromatic heterocycles. The van der Waals surface area contributed by atoms with Crippen LogP contribution in [0.3, 0.4) is 0 Å². The van der Waals surface area contributed by atoms with Gasteiger partial charge in [0.05, 0.1) is 0 Å².